The van der Waals surface area contributed by atoms with E-state index in [-0.39, 0.29) is 0 Å². The van der Waals surface area contributed by atoms with Crippen molar-refractivity contribution in [2.45, 2.75) is 38.3 Å². The molecule has 1 N–H and O–H groups in total. The summed E-state index contributed by atoms with van der Waals surface area (Å²) in [5.74, 6) is 1.63. The van der Waals surface area contributed by atoms with Gasteiger partial charge >= 0.3 is 0 Å². The number of pyridine rings is 1. The number of nitrogens with zero attached hydrogens (tertiary/aromatic N) is 1. The standard InChI is InChI=1S/C18H22N2O/c1-13-6-5-9-19-17(13)12-20-15-10-14(11-15)16-7-3-4-8-18(16)21-2/h3-9,14-15,20H,10-12H2,1-2H3. The highest BCUT2D eigenvalue weighted by molar-refractivity contribution is 5.37. The number of ether oxygens (including phenoxy) is 1. The summed E-state index contributed by atoms with van der Waals surface area (Å²) in [6.45, 7) is 2.97. The van der Waals surface area contributed by atoms with Crippen molar-refractivity contribution in [2.75, 3.05) is 7.11 Å². The Bertz CT molecular complexity index is 606. The fourth-order valence-electron chi connectivity index (χ4n) is 2.99. The van der Waals surface area contributed by atoms with Crippen molar-refractivity contribution in [2.24, 2.45) is 0 Å². The van der Waals surface area contributed by atoms with Gasteiger partial charge in [0.15, 0.2) is 0 Å². The van der Waals surface area contributed by atoms with Crippen molar-refractivity contribution in [3.05, 3.63) is 59.4 Å². The maximum atomic E-state index is 5.45. The zero-order valence-electron chi connectivity index (χ0n) is 12.7. The summed E-state index contributed by atoms with van der Waals surface area (Å²) < 4.78 is 5.45. The molecular formula is C18H22N2O. The summed E-state index contributed by atoms with van der Waals surface area (Å²) in [4.78, 5) is 4.43. The van der Waals surface area contributed by atoms with Crippen molar-refractivity contribution in [3.8, 4) is 5.75 Å². The minimum atomic E-state index is 0.585. The third-order valence-corrected chi connectivity index (χ3v) is 4.39. The van der Waals surface area contributed by atoms with Gasteiger partial charge in [0.1, 0.15) is 5.75 Å². The lowest BCUT2D eigenvalue weighted by Gasteiger charge is -2.37. The molecule has 0 unspecified atom stereocenters. The van der Waals surface area contributed by atoms with Gasteiger partial charge in [0, 0.05) is 18.8 Å². The third-order valence-electron chi connectivity index (χ3n) is 4.39. The third kappa shape index (κ3) is 3.08. The molecule has 1 saturated carbocycles. The molecule has 0 radical (unpaired) electrons. The van der Waals surface area contributed by atoms with Crippen molar-refractivity contribution in [3.63, 3.8) is 0 Å². The second-order valence-corrected chi connectivity index (χ2v) is 5.76. The van der Waals surface area contributed by atoms with Crippen molar-refractivity contribution >= 4 is 0 Å². The van der Waals surface area contributed by atoms with E-state index in [1.54, 1.807) is 7.11 Å². The number of hydrogen-bond donors (Lipinski definition) is 1. The van der Waals surface area contributed by atoms with E-state index in [9.17, 15) is 0 Å². The predicted octanol–water partition coefficient (Wildman–Crippen LogP) is 3.43. The van der Waals surface area contributed by atoms with Crippen molar-refractivity contribution in [1.82, 2.24) is 10.3 Å². The Labute approximate surface area is 126 Å². The van der Waals surface area contributed by atoms with Crippen LogP contribution >= 0.6 is 0 Å². The normalized spacial score (nSPS) is 20.9. The highest BCUT2D eigenvalue weighted by atomic mass is 16.5. The van der Waals surface area contributed by atoms with Crippen LogP contribution in [0.5, 0.6) is 5.75 Å². The first-order valence-corrected chi connectivity index (χ1v) is 7.54. The number of aryl methyl sites for hydroxylation is 1. The Balaban J connectivity index is 1.53. The van der Waals surface area contributed by atoms with E-state index in [2.05, 4.69) is 35.4 Å². The lowest BCUT2D eigenvalue weighted by atomic mass is 9.75. The minimum Gasteiger partial charge on any atom is -0.496 e. The number of methoxy groups -OCH3 is 1. The first kappa shape index (κ1) is 14.1. The fraction of sp³-hybridized carbons (Fsp3) is 0.389. The van der Waals surface area contributed by atoms with Crippen LogP contribution in [0.15, 0.2) is 42.6 Å². The molecule has 0 atom stereocenters. The summed E-state index contributed by atoms with van der Waals surface area (Å²) in [5, 5.41) is 3.61. The predicted molar refractivity (Wildman–Crippen MR) is 84.6 cm³/mol. The highest BCUT2D eigenvalue weighted by Crippen LogP contribution is 2.40. The number of benzene rings is 1. The van der Waals surface area contributed by atoms with Crippen LogP contribution in [0.4, 0.5) is 0 Å². The number of hydrogen-bond acceptors (Lipinski definition) is 3. The molecule has 0 amide bonds. The van der Waals surface area contributed by atoms with E-state index in [1.165, 1.54) is 24.0 Å². The molecule has 1 aliphatic carbocycles. The molecule has 0 spiro atoms. The molecule has 1 aromatic heterocycles. The zero-order chi connectivity index (χ0) is 14.7. The summed E-state index contributed by atoms with van der Waals surface area (Å²) >= 11 is 0. The smallest absolute Gasteiger partial charge is 0.122 e. The average Bonchev–Trinajstić information content (AvgIpc) is 2.48. The molecule has 3 rings (SSSR count). The number of aromatic nitrogens is 1. The van der Waals surface area contributed by atoms with Crippen LogP contribution < -0.4 is 10.1 Å². The molecule has 0 aliphatic heterocycles. The maximum absolute atomic E-state index is 5.45. The first-order valence-electron chi connectivity index (χ1n) is 7.54. The monoisotopic (exact) mass is 282 g/mol. The van der Waals surface area contributed by atoms with Crippen LogP contribution in [0, 0.1) is 6.92 Å². The number of rotatable bonds is 5. The first-order chi connectivity index (χ1) is 10.3. The van der Waals surface area contributed by atoms with Gasteiger partial charge in [-0.2, -0.15) is 0 Å². The van der Waals surface area contributed by atoms with Crippen LogP contribution in [0.2, 0.25) is 0 Å². The van der Waals surface area contributed by atoms with Gasteiger partial charge in [0.25, 0.3) is 0 Å². The number of nitrogens with one attached hydrogen (secondary N) is 1. The summed E-state index contributed by atoms with van der Waals surface area (Å²) in [7, 11) is 1.75. The largest absolute Gasteiger partial charge is 0.496 e. The van der Waals surface area contributed by atoms with Gasteiger partial charge in [-0.15, -0.1) is 0 Å². The van der Waals surface area contributed by atoms with E-state index in [0.29, 0.717) is 12.0 Å². The molecule has 110 valence electrons. The molecule has 1 heterocycles. The lowest BCUT2D eigenvalue weighted by Crippen LogP contribution is -2.40. The molecule has 3 nitrogen and oxygen atoms in total. The van der Waals surface area contributed by atoms with E-state index in [4.69, 9.17) is 4.74 Å². The Morgan fingerprint density at radius 3 is 2.76 bits per heavy atom. The fourth-order valence-corrected chi connectivity index (χ4v) is 2.99. The molecule has 0 bridgehead atoms. The molecule has 1 fully saturated rings. The van der Waals surface area contributed by atoms with E-state index < -0.39 is 0 Å². The molecule has 1 aliphatic rings. The highest BCUT2D eigenvalue weighted by Gasteiger charge is 2.31. The van der Waals surface area contributed by atoms with Gasteiger partial charge < -0.3 is 10.1 Å². The Morgan fingerprint density at radius 1 is 1.19 bits per heavy atom. The quantitative estimate of drug-likeness (QED) is 0.912. The SMILES string of the molecule is COc1ccccc1C1CC(NCc2ncccc2C)C1. The van der Waals surface area contributed by atoms with Gasteiger partial charge in [-0.25, -0.2) is 0 Å². The number of para-hydroxylation sites is 1. The van der Waals surface area contributed by atoms with Gasteiger partial charge in [0.2, 0.25) is 0 Å². The Hall–Kier alpha value is -1.87. The summed E-state index contributed by atoms with van der Waals surface area (Å²) in [6, 6.07) is 13.0. The zero-order valence-corrected chi connectivity index (χ0v) is 12.7. The van der Waals surface area contributed by atoms with Gasteiger partial charge in [-0.3, -0.25) is 4.98 Å². The molecule has 3 heteroatoms. The molecule has 2 aromatic rings. The van der Waals surface area contributed by atoms with Gasteiger partial charge in [-0.1, -0.05) is 24.3 Å². The molecule has 21 heavy (non-hydrogen) atoms. The van der Waals surface area contributed by atoms with Crippen molar-refractivity contribution < 1.29 is 4.74 Å². The lowest BCUT2D eigenvalue weighted by molar-refractivity contribution is 0.281. The summed E-state index contributed by atoms with van der Waals surface area (Å²) in [6.07, 6.45) is 4.21. The van der Waals surface area contributed by atoms with Crippen molar-refractivity contribution in [1.29, 1.82) is 0 Å². The average molecular weight is 282 g/mol. The Morgan fingerprint density at radius 2 is 2.00 bits per heavy atom. The van der Waals surface area contributed by atoms with Crippen LogP contribution in [0.25, 0.3) is 0 Å². The minimum absolute atomic E-state index is 0.585. The topological polar surface area (TPSA) is 34.1 Å². The van der Waals surface area contributed by atoms with Gasteiger partial charge in [-0.05, 0) is 48.9 Å². The van der Waals surface area contributed by atoms with Crippen LogP contribution in [-0.4, -0.2) is 18.1 Å². The molecule has 1 aromatic carbocycles. The van der Waals surface area contributed by atoms with Crippen LogP contribution in [0.1, 0.15) is 35.6 Å². The van der Waals surface area contributed by atoms with Crippen LogP contribution in [0.3, 0.4) is 0 Å². The Kier molecular flexibility index (Phi) is 4.20. The van der Waals surface area contributed by atoms with E-state index in [0.717, 1.165) is 18.0 Å². The maximum Gasteiger partial charge on any atom is 0.122 e. The van der Waals surface area contributed by atoms with E-state index >= 15 is 0 Å². The second-order valence-electron chi connectivity index (χ2n) is 5.76. The van der Waals surface area contributed by atoms with Gasteiger partial charge in [0.05, 0.1) is 12.8 Å². The second kappa shape index (κ2) is 6.27. The molecular weight excluding hydrogens is 260 g/mol. The van der Waals surface area contributed by atoms with Crippen LogP contribution in [-0.2, 0) is 6.54 Å². The summed E-state index contributed by atoms with van der Waals surface area (Å²) in [5.41, 5.74) is 3.75. The molecule has 0 saturated heterocycles. The van der Waals surface area contributed by atoms with E-state index in [1.807, 2.05) is 24.4 Å².